The summed E-state index contributed by atoms with van der Waals surface area (Å²) in [6, 6.07) is 0.123. The maximum Gasteiger partial charge on any atom is 0.410 e. The minimum Gasteiger partial charge on any atom is -0.469 e. The van der Waals surface area contributed by atoms with Gasteiger partial charge in [0.2, 0.25) is 0 Å². The zero-order chi connectivity index (χ0) is 22.8. The van der Waals surface area contributed by atoms with E-state index in [0.717, 1.165) is 43.4 Å². The highest BCUT2D eigenvalue weighted by Crippen LogP contribution is 2.34. The number of hydrogen-bond donors (Lipinski definition) is 1. The van der Waals surface area contributed by atoms with Gasteiger partial charge < -0.3 is 24.6 Å². The molecule has 1 saturated heterocycles. The molecule has 0 aromatic rings. The van der Waals surface area contributed by atoms with Gasteiger partial charge in [0.1, 0.15) is 5.60 Å². The number of rotatable bonds is 4. The first kappa shape index (κ1) is 23.4. The second-order valence-corrected chi connectivity index (χ2v) is 9.78. The minimum atomic E-state index is -0.514. The smallest absolute Gasteiger partial charge is 0.410 e. The zero-order valence-corrected chi connectivity index (χ0v) is 19.5. The molecule has 0 aliphatic carbocycles. The Bertz CT molecular complexity index is 734. The third-order valence-electron chi connectivity index (χ3n) is 6.42. The van der Waals surface area contributed by atoms with Crippen LogP contribution >= 0.6 is 0 Å². The molecule has 174 valence electrons. The van der Waals surface area contributed by atoms with Gasteiger partial charge in [0.15, 0.2) is 0 Å². The summed E-state index contributed by atoms with van der Waals surface area (Å²) in [6.07, 6.45) is 4.23. The van der Waals surface area contributed by atoms with Crippen LogP contribution in [0.4, 0.5) is 4.79 Å². The number of carbonyl (C=O) groups excluding carboxylic acids is 3. The lowest BCUT2D eigenvalue weighted by atomic mass is 9.82. The predicted octanol–water partition coefficient (Wildman–Crippen LogP) is 2.82. The number of likely N-dealkylation sites (tertiary alicyclic amines) is 1. The van der Waals surface area contributed by atoms with Crippen molar-refractivity contribution in [3.05, 3.63) is 11.3 Å². The summed E-state index contributed by atoms with van der Waals surface area (Å²) in [5.74, 6) is -0.567. The van der Waals surface area contributed by atoms with Crippen molar-refractivity contribution in [1.29, 1.82) is 0 Å². The Kier molecular flexibility index (Phi) is 7.17. The van der Waals surface area contributed by atoms with E-state index < -0.39 is 5.60 Å². The molecule has 8 heteroatoms. The first-order valence-corrected chi connectivity index (χ1v) is 11.5. The van der Waals surface area contributed by atoms with E-state index in [1.807, 2.05) is 25.7 Å². The molecule has 8 nitrogen and oxygen atoms in total. The Labute approximate surface area is 185 Å². The van der Waals surface area contributed by atoms with Crippen molar-refractivity contribution in [3.8, 4) is 0 Å². The van der Waals surface area contributed by atoms with E-state index >= 15 is 0 Å². The molecule has 0 aromatic heterocycles. The summed E-state index contributed by atoms with van der Waals surface area (Å²) in [6.45, 7) is 9.51. The lowest BCUT2D eigenvalue weighted by Gasteiger charge is -2.44. The SMILES string of the molecule is CCC[C@@H]1NC2=C(C[C@@H]1C(=O)OC)C(=O)N(C1CCN(C(=O)OC(C)(C)C)CC1)CC2. The van der Waals surface area contributed by atoms with Crippen LogP contribution in [0.2, 0.25) is 0 Å². The third-order valence-corrected chi connectivity index (χ3v) is 6.42. The Hall–Kier alpha value is -2.25. The summed E-state index contributed by atoms with van der Waals surface area (Å²) in [4.78, 5) is 41.7. The number of methoxy groups -OCH3 is 1. The van der Waals surface area contributed by atoms with E-state index in [1.165, 1.54) is 7.11 Å². The highest BCUT2D eigenvalue weighted by molar-refractivity contribution is 5.96. The molecule has 31 heavy (non-hydrogen) atoms. The molecule has 0 saturated carbocycles. The van der Waals surface area contributed by atoms with Gasteiger partial charge in [-0.2, -0.15) is 0 Å². The van der Waals surface area contributed by atoms with Crippen LogP contribution in [0, 0.1) is 5.92 Å². The minimum absolute atomic E-state index is 0.0209. The first-order chi connectivity index (χ1) is 14.6. The summed E-state index contributed by atoms with van der Waals surface area (Å²) >= 11 is 0. The monoisotopic (exact) mass is 435 g/mol. The Morgan fingerprint density at radius 3 is 2.42 bits per heavy atom. The van der Waals surface area contributed by atoms with Crippen LogP contribution in [0.25, 0.3) is 0 Å². The van der Waals surface area contributed by atoms with Crippen LogP contribution in [-0.4, -0.2) is 72.2 Å². The van der Waals surface area contributed by atoms with Gasteiger partial charge in [-0.15, -0.1) is 0 Å². The molecule has 2 atom stereocenters. The van der Waals surface area contributed by atoms with Crippen LogP contribution < -0.4 is 5.32 Å². The van der Waals surface area contributed by atoms with E-state index in [-0.39, 0.29) is 36.0 Å². The van der Waals surface area contributed by atoms with Crippen LogP contribution in [0.15, 0.2) is 11.3 Å². The largest absolute Gasteiger partial charge is 0.469 e. The van der Waals surface area contributed by atoms with Gasteiger partial charge in [-0.05, 0) is 46.5 Å². The maximum atomic E-state index is 13.4. The molecular formula is C23H37N3O5. The quantitative estimate of drug-likeness (QED) is 0.683. The fourth-order valence-electron chi connectivity index (χ4n) is 4.86. The number of ether oxygens (including phenoxy) is 2. The molecule has 0 bridgehead atoms. The molecule has 3 rings (SSSR count). The van der Waals surface area contributed by atoms with E-state index in [2.05, 4.69) is 12.2 Å². The van der Waals surface area contributed by atoms with Crippen molar-refractivity contribution in [2.45, 2.75) is 83.9 Å². The van der Waals surface area contributed by atoms with Gasteiger partial charge in [-0.25, -0.2) is 4.79 Å². The second-order valence-electron chi connectivity index (χ2n) is 9.78. The fraction of sp³-hybridized carbons (Fsp3) is 0.783. The molecule has 3 aliphatic heterocycles. The van der Waals surface area contributed by atoms with Crippen molar-refractivity contribution >= 4 is 18.0 Å². The van der Waals surface area contributed by atoms with Crippen LogP contribution in [0.3, 0.4) is 0 Å². The Morgan fingerprint density at radius 2 is 1.84 bits per heavy atom. The van der Waals surface area contributed by atoms with E-state index in [9.17, 15) is 14.4 Å². The summed E-state index contributed by atoms with van der Waals surface area (Å²) < 4.78 is 10.5. The van der Waals surface area contributed by atoms with Crippen molar-refractivity contribution in [2.24, 2.45) is 5.92 Å². The molecule has 1 N–H and O–H groups in total. The van der Waals surface area contributed by atoms with E-state index in [0.29, 0.717) is 26.1 Å². The average molecular weight is 436 g/mol. The lowest BCUT2D eigenvalue weighted by molar-refractivity contribution is -0.147. The zero-order valence-electron chi connectivity index (χ0n) is 19.5. The maximum absolute atomic E-state index is 13.4. The number of carbonyl (C=O) groups is 3. The number of amides is 2. The number of nitrogens with zero attached hydrogens (tertiary/aromatic N) is 2. The van der Waals surface area contributed by atoms with Gasteiger partial charge in [0.25, 0.3) is 5.91 Å². The molecule has 1 fully saturated rings. The van der Waals surface area contributed by atoms with Gasteiger partial charge in [0, 0.05) is 49.4 Å². The van der Waals surface area contributed by atoms with E-state index in [1.54, 1.807) is 4.90 Å². The number of nitrogens with one attached hydrogen (secondary N) is 1. The third kappa shape index (κ3) is 5.33. The molecule has 0 unspecified atom stereocenters. The number of hydrogen-bond acceptors (Lipinski definition) is 6. The lowest BCUT2D eigenvalue weighted by Crippen LogP contribution is -2.54. The summed E-state index contributed by atoms with van der Waals surface area (Å²) in [7, 11) is 1.41. The van der Waals surface area contributed by atoms with Crippen LogP contribution in [0.1, 0.15) is 66.2 Å². The van der Waals surface area contributed by atoms with Gasteiger partial charge >= 0.3 is 12.1 Å². The molecule has 3 heterocycles. The molecular weight excluding hydrogens is 398 g/mol. The van der Waals surface area contributed by atoms with Gasteiger partial charge in [0.05, 0.1) is 13.0 Å². The molecule has 2 amide bonds. The van der Waals surface area contributed by atoms with Crippen molar-refractivity contribution in [1.82, 2.24) is 15.1 Å². The normalized spacial score (nSPS) is 25.1. The second kappa shape index (κ2) is 9.49. The number of piperidine rings is 1. The van der Waals surface area contributed by atoms with Crippen LogP contribution in [-0.2, 0) is 19.1 Å². The number of esters is 1. The van der Waals surface area contributed by atoms with Gasteiger partial charge in [-0.1, -0.05) is 13.3 Å². The molecule has 0 radical (unpaired) electrons. The standard InChI is InChI=1S/C23H37N3O5/c1-6-7-18-17(21(28)30-5)14-16-19(24-18)10-13-26(20(16)27)15-8-11-25(12-9-15)22(29)31-23(2,3)4/h15,17-18,24H,6-14H2,1-5H3/t17-,18-/m0/s1. The predicted molar refractivity (Wildman–Crippen MR) is 116 cm³/mol. The highest BCUT2D eigenvalue weighted by Gasteiger charge is 2.42. The average Bonchev–Trinajstić information content (AvgIpc) is 2.72. The highest BCUT2D eigenvalue weighted by atomic mass is 16.6. The Balaban J connectivity index is 1.65. The van der Waals surface area contributed by atoms with Crippen molar-refractivity contribution in [3.63, 3.8) is 0 Å². The first-order valence-electron chi connectivity index (χ1n) is 11.5. The molecule has 0 spiro atoms. The van der Waals surface area contributed by atoms with E-state index in [4.69, 9.17) is 9.47 Å². The van der Waals surface area contributed by atoms with Crippen molar-refractivity contribution in [2.75, 3.05) is 26.7 Å². The van der Waals surface area contributed by atoms with Crippen molar-refractivity contribution < 1.29 is 23.9 Å². The molecule has 3 aliphatic rings. The topological polar surface area (TPSA) is 88.2 Å². The Morgan fingerprint density at radius 1 is 1.16 bits per heavy atom. The van der Waals surface area contributed by atoms with Crippen LogP contribution in [0.5, 0.6) is 0 Å². The summed E-state index contributed by atoms with van der Waals surface area (Å²) in [5.41, 5.74) is 1.20. The van der Waals surface area contributed by atoms with Gasteiger partial charge in [-0.3, -0.25) is 9.59 Å². The summed E-state index contributed by atoms with van der Waals surface area (Å²) in [5, 5.41) is 3.48. The molecule has 0 aromatic carbocycles. The fourth-order valence-corrected chi connectivity index (χ4v) is 4.86.